The summed E-state index contributed by atoms with van der Waals surface area (Å²) in [7, 11) is -3.24. The quantitative estimate of drug-likeness (QED) is 0.644. The molecular weight excluding hydrogens is 486 g/mol. The number of carbonyl (C=O) groups excluding carboxylic acids is 1. The normalized spacial score (nSPS) is 24.1. The molecule has 10 heteroatoms. The maximum atomic E-state index is 14.6. The summed E-state index contributed by atoms with van der Waals surface area (Å²) in [5.74, 6) is -1.56. The van der Waals surface area contributed by atoms with E-state index in [9.17, 15) is 22.0 Å². The highest BCUT2D eigenvalue weighted by molar-refractivity contribution is 9.10. The van der Waals surface area contributed by atoms with Crippen LogP contribution in [0.2, 0.25) is 0 Å². The van der Waals surface area contributed by atoms with E-state index in [4.69, 9.17) is 0 Å². The van der Waals surface area contributed by atoms with Gasteiger partial charge in [0, 0.05) is 9.72 Å². The first kappa shape index (κ1) is 20.5. The van der Waals surface area contributed by atoms with Crippen LogP contribution < -0.4 is 4.90 Å². The van der Waals surface area contributed by atoms with E-state index in [1.165, 1.54) is 53.1 Å². The number of amides is 1. The molecule has 2 heterocycles. The van der Waals surface area contributed by atoms with Gasteiger partial charge in [-0.2, -0.15) is 4.99 Å². The van der Waals surface area contributed by atoms with Crippen molar-refractivity contribution < 1.29 is 22.0 Å². The smallest absolute Gasteiger partial charge is 0.252 e. The number of nitrogens with zero attached hydrogens (tertiary/aromatic N) is 2. The van der Waals surface area contributed by atoms with Crippen LogP contribution >= 0.6 is 27.7 Å². The summed E-state index contributed by atoms with van der Waals surface area (Å²) >= 11 is 4.38. The van der Waals surface area contributed by atoms with Gasteiger partial charge in [-0.3, -0.25) is 4.79 Å². The summed E-state index contributed by atoms with van der Waals surface area (Å²) in [6.45, 7) is 0. The van der Waals surface area contributed by atoms with Gasteiger partial charge in [-0.1, -0.05) is 39.8 Å². The second-order valence-corrected chi connectivity index (χ2v) is 11.1. The monoisotopic (exact) mass is 500 g/mol. The largest absolute Gasteiger partial charge is 0.313 e. The average molecular weight is 501 g/mol. The zero-order valence-electron chi connectivity index (χ0n) is 14.9. The Kier molecular flexibility index (Phi) is 5.52. The number of rotatable bonds is 3. The summed E-state index contributed by atoms with van der Waals surface area (Å²) in [6, 6.07) is 9.51. The molecule has 152 valence electrons. The van der Waals surface area contributed by atoms with Crippen LogP contribution in [-0.4, -0.2) is 42.3 Å². The van der Waals surface area contributed by atoms with E-state index >= 15 is 0 Å². The number of amidine groups is 1. The van der Waals surface area contributed by atoms with Crippen LogP contribution in [0, 0.1) is 11.6 Å². The van der Waals surface area contributed by atoms with Crippen molar-refractivity contribution in [3.8, 4) is 0 Å². The lowest BCUT2D eigenvalue weighted by molar-refractivity contribution is -0.117. The topological polar surface area (TPSA) is 66.8 Å². The molecule has 1 amide bonds. The second-order valence-electron chi connectivity index (χ2n) is 6.86. The van der Waals surface area contributed by atoms with Crippen LogP contribution in [-0.2, 0) is 21.1 Å². The fourth-order valence-electron chi connectivity index (χ4n) is 3.45. The van der Waals surface area contributed by atoms with E-state index in [-0.39, 0.29) is 34.0 Å². The van der Waals surface area contributed by atoms with E-state index in [0.29, 0.717) is 10.0 Å². The van der Waals surface area contributed by atoms with Crippen LogP contribution in [0.1, 0.15) is 5.56 Å². The number of hydrogen-bond acceptors (Lipinski definition) is 4. The van der Waals surface area contributed by atoms with Gasteiger partial charge in [0.25, 0.3) is 5.91 Å². The van der Waals surface area contributed by atoms with Gasteiger partial charge in [-0.15, -0.1) is 0 Å². The van der Waals surface area contributed by atoms with E-state index < -0.39 is 33.4 Å². The molecule has 5 nitrogen and oxygen atoms in total. The fourth-order valence-corrected chi connectivity index (χ4v) is 7.70. The highest BCUT2D eigenvalue weighted by atomic mass is 79.9. The van der Waals surface area contributed by atoms with Crippen molar-refractivity contribution in [3.05, 3.63) is 64.1 Å². The Morgan fingerprint density at radius 3 is 2.59 bits per heavy atom. The first-order chi connectivity index (χ1) is 13.7. The van der Waals surface area contributed by atoms with Gasteiger partial charge >= 0.3 is 0 Å². The van der Waals surface area contributed by atoms with Crippen LogP contribution in [0.3, 0.4) is 0 Å². The maximum absolute atomic E-state index is 14.6. The summed E-state index contributed by atoms with van der Waals surface area (Å²) < 4.78 is 52.4. The van der Waals surface area contributed by atoms with E-state index in [2.05, 4.69) is 20.9 Å². The van der Waals surface area contributed by atoms with Crippen molar-refractivity contribution in [3.63, 3.8) is 0 Å². The molecule has 0 N–H and O–H groups in total. The Bertz CT molecular complexity index is 1110. The predicted octanol–water partition coefficient (Wildman–Crippen LogP) is 3.57. The summed E-state index contributed by atoms with van der Waals surface area (Å²) in [5.41, 5.74) is 0.784. The molecule has 0 unspecified atom stereocenters. The van der Waals surface area contributed by atoms with Crippen LogP contribution in [0.25, 0.3) is 0 Å². The minimum absolute atomic E-state index is 0.0331. The number of benzene rings is 2. The number of anilines is 1. The van der Waals surface area contributed by atoms with Crippen LogP contribution in [0.4, 0.5) is 14.5 Å². The van der Waals surface area contributed by atoms with Crippen molar-refractivity contribution in [2.45, 2.75) is 17.7 Å². The molecule has 2 aliphatic rings. The van der Waals surface area contributed by atoms with Gasteiger partial charge in [-0.25, -0.2) is 17.2 Å². The van der Waals surface area contributed by atoms with E-state index in [0.717, 1.165) is 0 Å². The molecule has 2 saturated heterocycles. The van der Waals surface area contributed by atoms with Crippen molar-refractivity contribution >= 4 is 54.3 Å². The van der Waals surface area contributed by atoms with Crippen molar-refractivity contribution in [2.24, 2.45) is 4.99 Å². The molecule has 2 aliphatic heterocycles. The number of sulfone groups is 1. The molecule has 2 aromatic rings. The number of thioether (sulfide) groups is 1. The van der Waals surface area contributed by atoms with Crippen molar-refractivity contribution in [1.29, 1.82) is 0 Å². The second kappa shape index (κ2) is 7.81. The Morgan fingerprint density at radius 2 is 1.90 bits per heavy atom. The molecule has 0 aliphatic carbocycles. The highest BCUT2D eigenvalue weighted by Gasteiger charge is 2.50. The first-order valence-corrected chi connectivity index (χ1v) is 12.2. The lowest BCUT2D eigenvalue weighted by Gasteiger charge is -2.25. The van der Waals surface area contributed by atoms with E-state index in [1.807, 2.05) is 0 Å². The number of hydrogen-bond donors (Lipinski definition) is 0. The summed E-state index contributed by atoms with van der Waals surface area (Å²) in [5, 5.41) is -0.0383. The minimum Gasteiger partial charge on any atom is -0.313 e. The van der Waals surface area contributed by atoms with Gasteiger partial charge in [-0.05, 0) is 35.9 Å². The SMILES string of the molecule is O=C(Cc1ccc(F)cc1)N=C1S[C@H]2CS(=O)(=O)C[C@@H]2N1c1ccc(Br)cc1F. The van der Waals surface area contributed by atoms with Gasteiger partial charge in [0.2, 0.25) is 0 Å². The minimum atomic E-state index is -3.24. The number of aliphatic imine (C=N–C) groups is 1. The molecule has 2 aromatic carbocycles. The summed E-state index contributed by atoms with van der Waals surface area (Å²) in [6.07, 6.45) is -0.0331. The Balaban J connectivity index is 1.66. The summed E-state index contributed by atoms with van der Waals surface area (Å²) in [4.78, 5) is 18.1. The molecule has 4 rings (SSSR count). The lowest BCUT2D eigenvalue weighted by atomic mass is 10.1. The molecule has 0 spiro atoms. The van der Waals surface area contributed by atoms with Gasteiger partial charge in [0.15, 0.2) is 15.0 Å². The Labute approximate surface area is 179 Å². The molecule has 0 aromatic heterocycles. The van der Waals surface area contributed by atoms with Crippen molar-refractivity contribution in [2.75, 3.05) is 16.4 Å². The molecule has 0 saturated carbocycles. The fraction of sp³-hybridized carbons (Fsp3) is 0.263. The third-order valence-corrected chi connectivity index (χ3v) is 8.43. The highest BCUT2D eigenvalue weighted by Crippen LogP contribution is 2.42. The van der Waals surface area contributed by atoms with Gasteiger partial charge < -0.3 is 4.90 Å². The zero-order chi connectivity index (χ0) is 20.8. The first-order valence-electron chi connectivity index (χ1n) is 8.69. The predicted molar refractivity (Wildman–Crippen MR) is 113 cm³/mol. The number of carbonyl (C=O) groups is 1. The Morgan fingerprint density at radius 1 is 1.17 bits per heavy atom. The maximum Gasteiger partial charge on any atom is 0.252 e. The Hall–Kier alpha value is -1.78. The standard InChI is InChI=1S/C19H15BrF2N2O3S2/c20-12-3-6-15(14(22)8-12)24-16-9-29(26,27)10-17(16)28-19(24)23-18(25)7-11-1-4-13(21)5-2-11/h1-6,8,16-17H,7,9-10H2/t16-,17-/m0/s1. The number of fused-ring (bicyclic) bond motifs is 1. The van der Waals surface area contributed by atoms with Gasteiger partial charge in [0.05, 0.1) is 29.7 Å². The molecule has 0 bridgehead atoms. The van der Waals surface area contributed by atoms with Crippen LogP contribution in [0.15, 0.2) is 51.9 Å². The molecule has 0 radical (unpaired) electrons. The lowest BCUT2D eigenvalue weighted by Crippen LogP contribution is -2.38. The molecule has 2 atom stereocenters. The third-order valence-electron chi connectivity index (χ3n) is 4.72. The number of halogens is 3. The van der Waals surface area contributed by atoms with E-state index in [1.54, 1.807) is 6.07 Å². The van der Waals surface area contributed by atoms with Gasteiger partial charge in [0.1, 0.15) is 11.6 Å². The third kappa shape index (κ3) is 4.39. The molecular formula is C19H15BrF2N2O3S2. The molecule has 2 fully saturated rings. The molecule has 29 heavy (non-hydrogen) atoms. The van der Waals surface area contributed by atoms with Crippen molar-refractivity contribution in [1.82, 2.24) is 0 Å². The zero-order valence-corrected chi connectivity index (χ0v) is 18.1. The van der Waals surface area contributed by atoms with Crippen LogP contribution in [0.5, 0.6) is 0 Å². The average Bonchev–Trinajstić information content (AvgIpc) is 3.08.